The van der Waals surface area contributed by atoms with Crippen molar-refractivity contribution in [3.63, 3.8) is 0 Å². The van der Waals surface area contributed by atoms with Gasteiger partial charge < -0.3 is 20.5 Å². The first-order chi connectivity index (χ1) is 19.3. The lowest BCUT2D eigenvalue weighted by Crippen LogP contribution is -2.49. The molecule has 0 spiro atoms. The van der Waals surface area contributed by atoms with Gasteiger partial charge in [0.25, 0.3) is 0 Å². The van der Waals surface area contributed by atoms with E-state index in [4.69, 9.17) is 10.5 Å². The van der Waals surface area contributed by atoms with Gasteiger partial charge in [0, 0.05) is 31.2 Å². The van der Waals surface area contributed by atoms with E-state index in [1.165, 1.54) is 21.9 Å². The number of hydrogen-bond donors (Lipinski definition) is 2. The summed E-state index contributed by atoms with van der Waals surface area (Å²) in [5, 5.41) is 12.6. The van der Waals surface area contributed by atoms with Crippen LogP contribution in [0.1, 0.15) is 45.2 Å². The van der Waals surface area contributed by atoms with E-state index in [1.54, 1.807) is 19.9 Å². The van der Waals surface area contributed by atoms with Crippen molar-refractivity contribution in [1.29, 1.82) is 0 Å². The van der Waals surface area contributed by atoms with Gasteiger partial charge in [0.05, 0.1) is 18.8 Å². The van der Waals surface area contributed by atoms with Gasteiger partial charge in [-0.3, -0.25) is 9.69 Å². The van der Waals surface area contributed by atoms with Crippen molar-refractivity contribution in [2.24, 2.45) is 5.73 Å². The van der Waals surface area contributed by atoms with Gasteiger partial charge in [-0.2, -0.15) is 0 Å². The Morgan fingerprint density at radius 2 is 1.54 bits per heavy atom. The van der Waals surface area contributed by atoms with Gasteiger partial charge in [-0.15, -0.1) is 0 Å². The molecule has 3 aromatic rings. The maximum Gasteiger partial charge on any atom is 0.246 e. The van der Waals surface area contributed by atoms with Crippen molar-refractivity contribution >= 4 is 16.7 Å². The number of nitrogens with two attached hydrogens (primary N) is 1. The fraction of sp³-hybridized carbons (Fsp3) is 0.457. The quantitative estimate of drug-likeness (QED) is 0.250. The average Bonchev–Trinajstić information content (AvgIpc) is 2.90. The van der Waals surface area contributed by atoms with Crippen LogP contribution in [0.25, 0.3) is 10.8 Å². The summed E-state index contributed by atoms with van der Waals surface area (Å²) in [5.74, 6) is -0.0358. The van der Waals surface area contributed by atoms with Crippen molar-refractivity contribution in [2.45, 2.75) is 70.2 Å². The number of carbonyl (C=O) groups excluding carboxylic acids is 1. The summed E-state index contributed by atoms with van der Waals surface area (Å²) in [6.07, 6.45) is 5.67. The maximum atomic E-state index is 13.3. The lowest BCUT2D eigenvalue weighted by Gasteiger charge is -2.36. The molecule has 0 aliphatic heterocycles. The van der Waals surface area contributed by atoms with Crippen LogP contribution in [-0.2, 0) is 22.4 Å². The maximum absolute atomic E-state index is 13.3. The van der Waals surface area contributed by atoms with Crippen molar-refractivity contribution in [2.75, 3.05) is 33.9 Å². The van der Waals surface area contributed by atoms with Gasteiger partial charge >= 0.3 is 0 Å². The molecule has 1 amide bonds. The third-order valence-corrected chi connectivity index (χ3v) is 7.29. The Labute approximate surface area is 246 Å². The Morgan fingerprint density at radius 1 is 0.902 bits per heavy atom. The molecule has 2 atom stereocenters. The number of ether oxygens (including phenoxy) is 1. The molecule has 3 N–H and O–H groups in total. The number of likely N-dealkylation sites (N-methyl/N-ethyl adjacent to an activating group) is 2. The third-order valence-electron chi connectivity index (χ3n) is 7.29. The zero-order valence-corrected chi connectivity index (χ0v) is 25.7. The van der Waals surface area contributed by atoms with Gasteiger partial charge in [-0.1, -0.05) is 78.9 Å². The molecule has 0 aliphatic rings. The van der Waals surface area contributed by atoms with Gasteiger partial charge in [0.2, 0.25) is 5.91 Å². The Kier molecular flexibility index (Phi) is 11.7. The monoisotopic (exact) mass is 559 g/mol. The second-order valence-corrected chi connectivity index (χ2v) is 12.7. The van der Waals surface area contributed by atoms with Crippen LogP contribution in [-0.4, -0.2) is 77.9 Å². The van der Waals surface area contributed by atoms with Crippen molar-refractivity contribution in [3.05, 3.63) is 96.1 Å². The smallest absolute Gasteiger partial charge is 0.246 e. The highest BCUT2D eigenvalue weighted by molar-refractivity contribution is 5.87. The van der Waals surface area contributed by atoms with Gasteiger partial charge in [-0.25, -0.2) is 0 Å². The molecule has 0 saturated carbocycles. The van der Waals surface area contributed by atoms with Crippen LogP contribution in [0.3, 0.4) is 0 Å². The number of fused-ring (bicyclic) bond motifs is 1. The molecule has 0 fully saturated rings. The molecular formula is C35H49N3O3. The summed E-state index contributed by atoms with van der Waals surface area (Å²) in [5.41, 5.74) is 7.27. The summed E-state index contributed by atoms with van der Waals surface area (Å²) in [6.45, 7) is 8.81. The molecule has 222 valence electrons. The molecule has 0 aliphatic carbocycles. The van der Waals surface area contributed by atoms with E-state index in [0.717, 1.165) is 12.8 Å². The van der Waals surface area contributed by atoms with E-state index >= 15 is 0 Å². The minimum absolute atomic E-state index is 0.0358. The first-order valence-electron chi connectivity index (χ1n) is 14.5. The number of amides is 1. The number of aliphatic hydroxyl groups is 1. The molecule has 0 unspecified atom stereocenters. The Bertz CT molecular complexity index is 1260. The highest BCUT2D eigenvalue weighted by Crippen LogP contribution is 2.20. The van der Waals surface area contributed by atoms with E-state index in [1.807, 2.05) is 56.1 Å². The fourth-order valence-corrected chi connectivity index (χ4v) is 4.88. The van der Waals surface area contributed by atoms with Crippen LogP contribution in [0.15, 0.2) is 84.9 Å². The zero-order valence-electron chi connectivity index (χ0n) is 25.7. The SMILES string of the molecule is CN(C[C@@H](Cc1ccc2ccccc2c1)N(C)C(=O)/C=C/CC(C)(C)N)[C@@H](COCC(C)(C)O)Cc1ccccc1. The zero-order chi connectivity index (χ0) is 30.0. The number of benzene rings is 3. The molecule has 6 heteroatoms. The van der Waals surface area contributed by atoms with E-state index in [-0.39, 0.29) is 30.1 Å². The summed E-state index contributed by atoms with van der Waals surface area (Å²) < 4.78 is 6.00. The van der Waals surface area contributed by atoms with Crippen molar-refractivity contribution in [3.8, 4) is 0 Å². The normalized spacial score (nSPS) is 14.1. The van der Waals surface area contributed by atoms with E-state index < -0.39 is 5.60 Å². The molecule has 6 nitrogen and oxygen atoms in total. The Balaban J connectivity index is 1.84. The second kappa shape index (κ2) is 14.7. The molecule has 0 heterocycles. The molecule has 3 rings (SSSR count). The predicted octanol–water partition coefficient (Wildman–Crippen LogP) is 5.22. The van der Waals surface area contributed by atoms with Crippen LogP contribution in [0.2, 0.25) is 0 Å². The van der Waals surface area contributed by atoms with E-state index in [0.29, 0.717) is 19.6 Å². The number of carbonyl (C=O) groups is 1. The second-order valence-electron chi connectivity index (χ2n) is 12.7. The third kappa shape index (κ3) is 11.4. The van der Waals surface area contributed by atoms with Crippen LogP contribution in [0.5, 0.6) is 0 Å². The largest absolute Gasteiger partial charge is 0.388 e. The minimum Gasteiger partial charge on any atom is -0.388 e. The minimum atomic E-state index is -0.897. The molecular weight excluding hydrogens is 510 g/mol. The highest BCUT2D eigenvalue weighted by Gasteiger charge is 2.26. The number of hydrogen-bond acceptors (Lipinski definition) is 5. The molecule has 0 bridgehead atoms. The predicted molar refractivity (Wildman–Crippen MR) is 170 cm³/mol. The molecule has 0 aromatic heterocycles. The van der Waals surface area contributed by atoms with Gasteiger partial charge in [0.15, 0.2) is 0 Å². The molecule has 0 saturated heterocycles. The summed E-state index contributed by atoms with van der Waals surface area (Å²) in [4.78, 5) is 17.5. The standard InChI is InChI=1S/C35H49N3O3/c1-34(2,36)20-12-17-33(39)38(6)31(23-28-18-19-29-15-10-11-16-30(29)21-28)24-37(5)32(25-41-26-35(3,4)40)22-27-13-8-7-9-14-27/h7-19,21,31-32,40H,20,22-26,36H2,1-6H3/b17-12+/t31-,32-/m1/s1. The van der Waals surface area contributed by atoms with Crippen LogP contribution in [0.4, 0.5) is 0 Å². The first-order valence-corrected chi connectivity index (χ1v) is 14.5. The van der Waals surface area contributed by atoms with E-state index in [2.05, 4.69) is 60.5 Å². The van der Waals surface area contributed by atoms with Crippen molar-refractivity contribution < 1.29 is 14.6 Å². The summed E-state index contributed by atoms with van der Waals surface area (Å²) in [6, 6.07) is 25.3. The lowest BCUT2D eigenvalue weighted by molar-refractivity contribution is -0.127. The summed E-state index contributed by atoms with van der Waals surface area (Å²) >= 11 is 0. The average molecular weight is 560 g/mol. The summed E-state index contributed by atoms with van der Waals surface area (Å²) in [7, 11) is 3.98. The van der Waals surface area contributed by atoms with Gasteiger partial charge in [-0.05, 0) is 82.0 Å². The lowest BCUT2D eigenvalue weighted by atomic mass is 9.99. The molecule has 3 aromatic carbocycles. The Morgan fingerprint density at radius 3 is 2.20 bits per heavy atom. The van der Waals surface area contributed by atoms with E-state index in [9.17, 15) is 9.90 Å². The number of rotatable bonds is 15. The number of nitrogens with zero attached hydrogens (tertiary/aromatic N) is 2. The fourth-order valence-electron chi connectivity index (χ4n) is 4.88. The van der Waals surface area contributed by atoms with Gasteiger partial charge in [0.1, 0.15) is 0 Å². The van der Waals surface area contributed by atoms with Crippen LogP contribution >= 0.6 is 0 Å². The molecule has 0 radical (unpaired) electrons. The molecule has 41 heavy (non-hydrogen) atoms. The first kappa shape index (κ1) is 32.5. The Hall–Kier alpha value is -3.03. The van der Waals surface area contributed by atoms with Crippen LogP contribution in [0, 0.1) is 0 Å². The van der Waals surface area contributed by atoms with Crippen LogP contribution < -0.4 is 5.73 Å². The highest BCUT2D eigenvalue weighted by atomic mass is 16.5. The topological polar surface area (TPSA) is 79.0 Å². The van der Waals surface area contributed by atoms with Crippen molar-refractivity contribution in [1.82, 2.24) is 9.80 Å².